The first-order valence-corrected chi connectivity index (χ1v) is 28.8. The summed E-state index contributed by atoms with van der Waals surface area (Å²) in [4.78, 5) is 25.5. The lowest BCUT2D eigenvalue weighted by Gasteiger charge is -2.18. The molecule has 0 aromatic rings. The number of ether oxygens (including phenoxy) is 3. The first-order chi connectivity index (χ1) is 32.6. The van der Waals surface area contributed by atoms with E-state index in [0.717, 1.165) is 77.0 Å². The van der Waals surface area contributed by atoms with Crippen LogP contribution in [0.2, 0.25) is 0 Å². The average Bonchev–Trinajstić information content (AvgIpc) is 3.32. The van der Waals surface area contributed by atoms with Gasteiger partial charge in [0.2, 0.25) is 0 Å². The molecule has 0 saturated heterocycles. The summed E-state index contributed by atoms with van der Waals surface area (Å²) >= 11 is 0. The Labute approximate surface area is 411 Å². The number of carbonyl (C=O) groups excluding carboxylic acids is 2. The minimum Gasteiger partial charge on any atom is -0.462 e. The first-order valence-electron chi connectivity index (χ1n) is 28.8. The minimum absolute atomic E-state index is 0.0782. The number of esters is 2. The largest absolute Gasteiger partial charge is 0.462 e. The van der Waals surface area contributed by atoms with Gasteiger partial charge in [-0.3, -0.25) is 9.59 Å². The quantitative estimate of drug-likeness (QED) is 0.0346. The molecule has 1 unspecified atom stereocenters. The van der Waals surface area contributed by atoms with Crippen molar-refractivity contribution in [3.63, 3.8) is 0 Å². The van der Waals surface area contributed by atoms with Crippen molar-refractivity contribution >= 4 is 11.9 Å². The van der Waals surface area contributed by atoms with Crippen molar-refractivity contribution in [2.45, 2.75) is 297 Å². The van der Waals surface area contributed by atoms with E-state index in [-0.39, 0.29) is 25.2 Å². The Morgan fingerprint density at radius 2 is 0.682 bits per heavy atom. The Morgan fingerprint density at radius 3 is 1.11 bits per heavy atom. The molecule has 0 saturated carbocycles. The fraction of sp³-hybridized carbons (Fsp3) is 0.803. The molecule has 5 heteroatoms. The molecule has 0 rings (SSSR count). The van der Waals surface area contributed by atoms with E-state index in [0.29, 0.717) is 19.4 Å². The van der Waals surface area contributed by atoms with E-state index in [1.165, 1.54) is 180 Å². The normalized spacial score (nSPS) is 12.6. The van der Waals surface area contributed by atoms with Gasteiger partial charge in [0.05, 0.1) is 6.61 Å². The van der Waals surface area contributed by atoms with Gasteiger partial charge >= 0.3 is 11.9 Å². The number of hydrogen-bond donors (Lipinski definition) is 0. The zero-order valence-electron chi connectivity index (χ0n) is 44.2. The van der Waals surface area contributed by atoms with Crippen molar-refractivity contribution < 1.29 is 23.8 Å². The highest BCUT2D eigenvalue weighted by atomic mass is 16.6. The zero-order valence-corrected chi connectivity index (χ0v) is 44.2. The molecule has 0 radical (unpaired) electrons. The van der Waals surface area contributed by atoms with Crippen LogP contribution in [0, 0.1) is 0 Å². The molecule has 0 bridgehead atoms. The molecular weight excluding hydrogens is 813 g/mol. The maximum atomic E-state index is 12.9. The Morgan fingerprint density at radius 1 is 0.348 bits per heavy atom. The topological polar surface area (TPSA) is 61.8 Å². The van der Waals surface area contributed by atoms with Gasteiger partial charge in [0.25, 0.3) is 0 Å². The van der Waals surface area contributed by atoms with Gasteiger partial charge in [-0.05, 0) is 83.5 Å². The lowest BCUT2D eigenvalue weighted by Crippen LogP contribution is -2.30. The van der Waals surface area contributed by atoms with Gasteiger partial charge in [-0.25, -0.2) is 0 Å². The van der Waals surface area contributed by atoms with Crippen molar-refractivity contribution in [3.05, 3.63) is 60.8 Å². The fourth-order valence-corrected chi connectivity index (χ4v) is 8.26. The summed E-state index contributed by atoms with van der Waals surface area (Å²) in [6, 6.07) is 0. The van der Waals surface area contributed by atoms with E-state index in [1.54, 1.807) is 0 Å². The standard InChI is InChI=1S/C61H110O5/c1-4-7-10-13-16-19-22-25-28-30-31-33-34-36-39-42-45-48-51-54-60(62)65-58-59(57-64-56-53-50-47-44-41-38-27-24-21-18-15-12-9-6-3)66-61(63)55-52-49-46-43-40-37-35-32-29-26-23-20-17-14-11-8-5-2/h7,10,16,19,25-26,28-29,31,33,59H,4-6,8-9,11-15,17-18,20-24,27,30,32,34-58H2,1-3H3/b10-7-,19-16-,28-25-,29-26-,33-31-. The predicted molar refractivity (Wildman–Crippen MR) is 288 cm³/mol. The van der Waals surface area contributed by atoms with Gasteiger partial charge in [0, 0.05) is 19.4 Å². The zero-order chi connectivity index (χ0) is 47.7. The molecule has 0 spiro atoms. The third-order valence-corrected chi connectivity index (χ3v) is 12.5. The first kappa shape index (κ1) is 63.6. The summed E-state index contributed by atoms with van der Waals surface area (Å²) in [6.45, 7) is 7.74. The second-order valence-corrected chi connectivity index (χ2v) is 19.2. The molecule has 0 aliphatic heterocycles. The van der Waals surface area contributed by atoms with Crippen LogP contribution in [-0.2, 0) is 23.8 Å². The smallest absolute Gasteiger partial charge is 0.306 e. The summed E-state index contributed by atoms with van der Waals surface area (Å²) in [6.07, 6.45) is 72.3. The summed E-state index contributed by atoms with van der Waals surface area (Å²) in [7, 11) is 0. The van der Waals surface area contributed by atoms with Crippen LogP contribution in [0.1, 0.15) is 290 Å². The predicted octanol–water partition coefficient (Wildman–Crippen LogP) is 19.7. The van der Waals surface area contributed by atoms with Crippen molar-refractivity contribution in [1.29, 1.82) is 0 Å². The molecule has 0 aromatic carbocycles. The molecule has 0 amide bonds. The van der Waals surface area contributed by atoms with Crippen LogP contribution in [-0.4, -0.2) is 37.9 Å². The van der Waals surface area contributed by atoms with Crippen molar-refractivity contribution in [2.24, 2.45) is 0 Å². The van der Waals surface area contributed by atoms with Crippen LogP contribution < -0.4 is 0 Å². The molecular formula is C61H110O5. The van der Waals surface area contributed by atoms with Crippen molar-refractivity contribution in [1.82, 2.24) is 0 Å². The van der Waals surface area contributed by atoms with Crippen LogP contribution >= 0.6 is 0 Å². The number of rotatable bonds is 53. The van der Waals surface area contributed by atoms with Gasteiger partial charge in [-0.15, -0.1) is 0 Å². The van der Waals surface area contributed by atoms with Crippen LogP contribution in [0.5, 0.6) is 0 Å². The van der Waals surface area contributed by atoms with E-state index >= 15 is 0 Å². The number of carbonyl (C=O) groups is 2. The molecule has 0 heterocycles. The molecule has 0 aliphatic rings. The van der Waals surface area contributed by atoms with E-state index in [9.17, 15) is 9.59 Å². The monoisotopic (exact) mass is 923 g/mol. The maximum Gasteiger partial charge on any atom is 0.306 e. The van der Waals surface area contributed by atoms with E-state index in [2.05, 4.69) is 81.5 Å². The third kappa shape index (κ3) is 54.2. The average molecular weight is 924 g/mol. The van der Waals surface area contributed by atoms with E-state index in [1.807, 2.05) is 0 Å². The van der Waals surface area contributed by atoms with Crippen molar-refractivity contribution in [2.75, 3.05) is 19.8 Å². The Balaban J connectivity index is 4.27. The minimum atomic E-state index is -0.543. The Hall–Kier alpha value is -2.40. The highest BCUT2D eigenvalue weighted by Crippen LogP contribution is 2.16. The molecule has 5 nitrogen and oxygen atoms in total. The molecule has 66 heavy (non-hydrogen) atoms. The lowest BCUT2D eigenvalue weighted by atomic mass is 10.0. The van der Waals surface area contributed by atoms with Gasteiger partial charge < -0.3 is 14.2 Å². The van der Waals surface area contributed by atoms with Crippen LogP contribution in [0.25, 0.3) is 0 Å². The molecule has 384 valence electrons. The second kappa shape index (κ2) is 56.9. The van der Waals surface area contributed by atoms with Gasteiger partial charge in [0.15, 0.2) is 6.10 Å². The van der Waals surface area contributed by atoms with Crippen LogP contribution in [0.4, 0.5) is 0 Å². The van der Waals surface area contributed by atoms with Crippen LogP contribution in [0.3, 0.4) is 0 Å². The van der Waals surface area contributed by atoms with Crippen molar-refractivity contribution in [3.8, 4) is 0 Å². The number of unbranched alkanes of at least 4 members (excludes halogenated alkanes) is 32. The maximum absolute atomic E-state index is 12.9. The van der Waals surface area contributed by atoms with E-state index in [4.69, 9.17) is 14.2 Å². The van der Waals surface area contributed by atoms with Gasteiger partial charge in [-0.2, -0.15) is 0 Å². The molecule has 0 aromatic heterocycles. The highest BCUT2D eigenvalue weighted by Gasteiger charge is 2.17. The Bertz CT molecular complexity index is 1130. The van der Waals surface area contributed by atoms with Gasteiger partial charge in [-0.1, -0.05) is 255 Å². The second-order valence-electron chi connectivity index (χ2n) is 19.2. The van der Waals surface area contributed by atoms with Crippen LogP contribution in [0.15, 0.2) is 60.8 Å². The molecule has 1 atom stereocenters. The third-order valence-electron chi connectivity index (χ3n) is 12.5. The summed E-state index contributed by atoms with van der Waals surface area (Å²) < 4.78 is 17.5. The Kier molecular flexibility index (Phi) is 54.9. The lowest BCUT2D eigenvalue weighted by molar-refractivity contribution is -0.163. The summed E-state index contributed by atoms with van der Waals surface area (Å²) in [5.41, 5.74) is 0. The van der Waals surface area contributed by atoms with Gasteiger partial charge in [0.1, 0.15) is 6.61 Å². The molecule has 0 fully saturated rings. The molecule has 0 N–H and O–H groups in total. The summed E-state index contributed by atoms with van der Waals surface area (Å²) in [5, 5.41) is 0. The number of allylic oxidation sites excluding steroid dienone is 10. The molecule has 0 aliphatic carbocycles. The van der Waals surface area contributed by atoms with E-state index < -0.39 is 6.10 Å². The highest BCUT2D eigenvalue weighted by molar-refractivity contribution is 5.70. The fourth-order valence-electron chi connectivity index (χ4n) is 8.26. The SMILES string of the molecule is CC/C=C\C/C=C\C/C=C\C/C=C\CCCCCCCCC(=O)OCC(COCCCCCCCCCCCCCCCC)OC(=O)CCCCCCCCC/C=C\CCCCCCCC. The number of hydrogen-bond acceptors (Lipinski definition) is 5. The summed E-state index contributed by atoms with van der Waals surface area (Å²) in [5.74, 6) is -0.405.